The molecule has 106 valence electrons. The summed E-state index contributed by atoms with van der Waals surface area (Å²) < 4.78 is 0. The van der Waals surface area contributed by atoms with Crippen LogP contribution in [0.25, 0.3) is 0 Å². The molecular weight excluding hydrogens is 268 g/mol. The lowest BCUT2D eigenvalue weighted by Crippen LogP contribution is -2.42. The maximum absolute atomic E-state index is 10.3. The molecule has 3 rings (SSSR count). The van der Waals surface area contributed by atoms with Gasteiger partial charge in [-0.15, -0.1) is 11.3 Å². The molecule has 0 amide bonds. The van der Waals surface area contributed by atoms with Crippen LogP contribution in [0.5, 0.6) is 0 Å². The van der Waals surface area contributed by atoms with E-state index in [9.17, 15) is 5.11 Å². The Morgan fingerprint density at radius 1 is 1.25 bits per heavy atom. The Morgan fingerprint density at radius 3 is 2.65 bits per heavy atom. The Labute approximate surface area is 123 Å². The van der Waals surface area contributed by atoms with Gasteiger partial charge < -0.3 is 10.4 Å². The van der Waals surface area contributed by atoms with Gasteiger partial charge in [0.1, 0.15) is 5.01 Å². The number of rotatable bonds is 5. The molecule has 20 heavy (non-hydrogen) atoms. The molecule has 3 nitrogen and oxygen atoms in total. The summed E-state index contributed by atoms with van der Waals surface area (Å²) in [4.78, 5) is 4.50. The molecule has 0 radical (unpaired) electrons. The summed E-state index contributed by atoms with van der Waals surface area (Å²) in [6.45, 7) is 0.573. The third-order valence-electron chi connectivity index (χ3n) is 4.12. The van der Waals surface area contributed by atoms with E-state index in [1.165, 1.54) is 12.8 Å². The van der Waals surface area contributed by atoms with Crippen LogP contribution < -0.4 is 5.32 Å². The lowest BCUT2D eigenvalue weighted by Gasteiger charge is -2.29. The molecule has 1 aliphatic rings. The Balaban J connectivity index is 1.69. The van der Waals surface area contributed by atoms with E-state index in [4.69, 9.17) is 0 Å². The van der Waals surface area contributed by atoms with Gasteiger partial charge in [-0.25, -0.2) is 4.98 Å². The zero-order chi connectivity index (χ0) is 13.8. The zero-order valence-electron chi connectivity index (χ0n) is 11.5. The van der Waals surface area contributed by atoms with E-state index in [0.717, 1.165) is 23.4 Å². The molecule has 0 saturated heterocycles. The smallest absolute Gasteiger partial charge is 0.113 e. The molecule has 2 aromatic rings. The number of benzene rings is 1. The standard InChI is InChI=1S/C16H20N2OS/c19-14(13-6-2-1-3-7-13)12-18-16(8-4-5-9-16)15-17-10-11-20-15/h1-3,6-7,10-11,14,18-19H,4-5,8-9,12H2. The highest BCUT2D eigenvalue weighted by Gasteiger charge is 2.37. The third kappa shape index (κ3) is 2.77. The number of hydrogen-bond acceptors (Lipinski definition) is 4. The lowest BCUT2D eigenvalue weighted by molar-refractivity contribution is 0.155. The second-order valence-corrected chi connectivity index (χ2v) is 6.33. The molecule has 1 saturated carbocycles. The highest BCUT2D eigenvalue weighted by Crippen LogP contribution is 2.39. The van der Waals surface area contributed by atoms with Crippen molar-refractivity contribution in [3.8, 4) is 0 Å². The minimum atomic E-state index is -0.464. The van der Waals surface area contributed by atoms with Gasteiger partial charge in [-0.3, -0.25) is 0 Å². The predicted octanol–water partition coefficient (Wildman–Crippen LogP) is 3.24. The van der Waals surface area contributed by atoms with E-state index in [-0.39, 0.29) is 5.54 Å². The number of thiazole rings is 1. The van der Waals surface area contributed by atoms with E-state index < -0.39 is 6.10 Å². The van der Waals surface area contributed by atoms with Crippen molar-refractivity contribution in [1.29, 1.82) is 0 Å². The third-order valence-corrected chi connectivity index (χ3v) is 5.09. The number of aromatic nitrogens is 1. The maximum Gasteiger partial charge on any atom is 0.113 e. The zero-order valence-corrected chi connectivity index (χ0v) is 12.3. The predicted molar refractivity (Wildman–Crippen MR) is 81.7 cm³/mol. The summed E-state index contributed by atoms with van der Waals surface area (Å²) in [5.41, 5.74) is 0.941. The van der Waals surface area contributed by atoms with Crippen LogP contribution in [0, 0.1) is 0 Å². The van der Waals surface area contributed by atoms with Crippen molar-refractivity contribution in [3.63, 3.8) is 0 Å². The summed E-state index contributed by atoms with van der Waals surface area (Å²) in [6, 6.07) is 9.83. The first kappa shape index (κ1) is 13.7. The van der Waals surface area contributed by atoms with Gasteiger partial charge in [-0.2, -0.15) is 0 Å². The van der Waals surface area contributed by atoms with Gasteiger partial charge >= 0.3 is 0 Å². The van der Waals surface area contributed by atoms with Crippen molar-refractivity contribution in [3.05, 3.63) is 52.5 Å². The van der Waals surface area contributed by atoms with Crippen LogP contribution in [0.4, 0.5) is 0 Å². The fraction of sp³-hybridized carbons (Fsp3) is 0.438. The van der Waals surface area contributed by atoms with Crippen LogP contribution in [0.15, 0.2) is 41.9 Å². The van der Waals surface area contributed by atoms with Crippen molar-refractivity contribution in [2.45, 2.75) is 37.3 Å². The monoisotopic (exact) mass is 288 g/mol. The number of hydrogen-bond donors (Lipinski definition) is 2. The fourth-order valence-electron chi connectivity index (χ4n) is 2.99. The van der Waals surface area contributed by atoms with Gasteiger partial charge in [0.2, 0.25) is 0 Å². The molecule has 1 unspecified atom stereocenters. The average Bonchev–Trinajstić information content (AvgIpc) is 3.17. The molecule has 1 heterocycles. The topological polar surface area (TPSA) is 45.1 Å². The first-order valence-corrected chi connectivity index (χ1v) is 8.06. The Hall–Kier alpha value is -1.23. The molecule has 1 aromatic heterocycles. The second kappa shape index (κ2) is 6.04. The molecule has 1 atom stereocenters. The first-order valence-electron chi connectivity index (χ1n) is 7.18. The van der Waals surface area contributed by atoms with E-state index in [2.05, 4.69) is 10.3 Å². The summed E-state index contributed by atoms with van der Waals surface area (Å²) in [6.07, 6.45) is 6.09. The molecule has 1 aromatic carbocycles. The second-order valence-electron chi connectivity index (χ2n) is 5.43. The maximum atomic E-state index is 10.3. The number of aliphatic hydroxyl groups excluding tert-OH is 1. The average molecular weight is 288 g/mol. The summed E-state index contributed by atoms with van der Waals surface area (Å²) in [5, 5.41) is 17.1. The van der Waals surface area contributed by atoms with Gasteiger partial charge in [-0.05, 0) is 18.4 Å². The summed E-state index contributed by atoms with van der Waals surface area (Å²) in [5.74, 6) is 0. The highest BCUT2D eigenvalue weighted by molar-refractivity contribution is 7.09. The van der Waals surface area contributed by atoms with Crippen molar-refractivity contribution in [2.75, 3.05) is 6.54 Å². The van der Waals surface area contributed by atoms with Crippen molar-refractivity contribution < 1.29 is 5.11 Å². The molecule has 2 N–H and O–H groups in total. The summed E-state index contributed by atoms with van der Waals surface area (Å²) >= 11 is 1.71. The molecule has 1 aliphatic carbocycles. The van der Waals surface area contributed by atoms with Crippen LogP contribution in [-0.4, -0.2) is 16.6 Å². The van der Waals surface area contributed by atoms with E-state index >= 15 is 0 Å². The van der Waals surface area contributed by atoms with Crippen molar-refractivity contribution >= 4 is 11.3 Å². The van der Waals surface area contributed by atoms with Gasteiger partial charge in [0, 0.05) is 18.1 Å². The quantitative estimate of drug-likeness (QED) is 0.888. The van der Waals surface area contributed by atoms with Gasteiger partial charge in [0.15, 0.2) is 0 Å². The molecule has 1 fully saturated rings. The van der Waals surface area contributed by atoms with Gasteiger partial charge in [0.05, 0.1) is 11.6 Å². The number of nitrogens with one attached hydrogen (secondary N) is 1. The normalized spacial score (nSPS) is 19.1. The van der Waals surface area contributed by atoms with Crippen LogP contribution in [0.1, 0.15) is 42.4 Å². The van der Waals surface area contributed by atoms with Crippen LogP contribution >= 0.6 is 11.3 Å². The molecule has 0 bridgehead atoms. The number of nitrogens with zero attached hydrogens (tertiary/aromatic N) is 1. The molecule has 0 aliphatic heterocycles. The van der Waals surface area contributed by atoms with Crippen molar-refractivity contribution in [2.24, 2.45) is 0 Å². The Bertz CT molecular complexity index is 521. The Kier molecular flexibility index (Phi) is 4.15. The molecular formula is C16H20N2OS. The summed E-state index contributed by atoms with van der Waals surface area (Å²) in [7, 11) is 0. The van der Waals surface area contributed by atoms with E-state index in [1.54, 1.807) is 11.3 Å². The lowest BCUT2D eigenvalue weighted by atomic mass is 9.97. The van der Waals surface area contributed by atoms with Crippen LogP contribution in [0.2, 0.25) is 0 Å². The minimum Gasteiger partial charge on any atom is -0.387 e. The largest absolute Gasteiger partial charge is 0.387 e. The van der Waals surface area contributed by atoms with Gasteiger partial charge in [0.25, 0.3) is 0 Å². The molecule has 4 heteroatoms. The SMILES string of the molecule is OC(CNC1(c2nccs2)CCCC1)c1ccccc1. The fourth-order valence-corrected chi connectivity index (χ4v) is 3.86. The van der Waals surface area contributed by atoms with E-state index in [1.807, 2.05) is 41.9 Å². The van der Waals surface area contributed by atoms with Crippen molar-refractivity contribution in [1.82, 2.24) is 10.3 Å². The van der Waals surface area contributed by atoms with E-state index in [0.29, 0.717) is 6.54 Å². The van der Waals surface area contributed by atoms with Crippen LogP contribution in [-0.2, 0) is 5.54 Å². The number of aliphatic hydroxyl groups is 1. The highest BCUT2D eigenvalue weighted by atomic mass is 32.1. The molecule has 0 spiro atoms. The minimum absolute atomic E-state index is 0.0239. The van der Waals surface area contributed by atoms with Crippen LogP contribution in [0.3, 0.4) is 0 Å². The van der Waals surface area contributed by atoms with Gasteiger partial charge in [-0.1, -0.05) is 43.2 Å². The Morgan fingerprint density at radius 2 is 2.00 bits per heavy atom. The first-order chi connectivity index (χ1) is 9.80.